The minimum absolute atomic E-state index is 0.0111. The second-order valence-corrected chi connectivity index (χ2v) is 5.45. The van der Waals surface area contributed by atoms with Crippen molar-refractivity contribution in [2.24, 2.45) is 0 Å². The van der Waals surface area contributed by atoms with Crippen molar-refractivity contribution in [2.45, 2.75) is 19.9 Å². The van der Waals surface area contributed by atoms with Gasteiger partial charge in [0.1, 0.15) is 15.2 Å². The summed E-state index contributed by atoms with van der Waals surface area (Å²) in [4.78, 5) is 23.9. The van der Waals surface area contributed by atoms with E-state index in [-0.39, 0.29) is 11.9 Å². The second kappa shape index (κ2) is 6.15. The van der Waals surface area contributed by atoms with Crippen LogP contribution in [0, 0.1) is 0 Å². The molecule has 0 saturated carbocycles. The molecular formula is C13H18N4O2S. The van der Waals surface area contributed by atoms with Crippen molar-refractivity contribution in [3.8, 4) is 0 Å². The summed E-state index contributed by atoms with van der Waals surface area (Å²) in [5.74, 6) is -0.0978. The molecular weight excluding hydrogens is 276 g/mol. The number of anilines is 1. The van der Waals surface area contributed by atoms with Crippen molar-refractivity contribution < 1.29 is 9.53 Å². The van der Waals surface area contributed by atoms with Crippen molar-refractivity contribution in [3.63, 3.8) is 0 Å². The Balaban J connectivity index is 2.37. The van der Waals surface area contributed by atoms with Gasteiger partial charge in [0.05, 0.1) is 18.3 Å². The predicted octanol–water partition coefficient (Wildman–Crippen LogP) is 1.77. The van der Waals surface area contributed by atoms with Crippen molar-refractivity contribution in [2.75, 3.05) is 26.0 Å². The number of carbonyl (C=O) groups excluding carboxylic acids is 1. The number of ether oxygens (including phenoxy) is 1. The fraction of sp³-hybridized carbons (Fsp3) is 0.462. The van der Waals surface area contributed by atoms with Crippen LogP contribution in [0.2, 0.25) is 0 Å². The van der Waals surface area contributed by atoms with Gasteiger partial charge in [-0.15, -0.1) is 11.3 Å². The van der Waals surface area contributed by atoms with Gasteiger partial charge in [-0.25, -0.2) is 9.97 Å². The van der Waals surface area contributed by atoms with Gasteiger partial charge in [0.2, 0.25) is 0 Å². The molecule has 2 aromatic rings. The molecule has 2 rings (SSSR count). The lowest BCUT2D eigenvalue weighted by Crippen LogP contribution is -2.40. The zero-order valence-corrected chi connectivity index (χ0v) is 12.6. The van der Waals surface area contributed by atoms with Gasteiger partial charge in [-0.2, -0.15) is 0 Å². The number of hydrogen-bond acceptors (Lipinski definition) is 6. The summed E-state index contributed by atoms with van der Waals surface area (Å²) in [5, 5.41) is 0. The fourth-order valence-corrected chi connectivity index (χ4v) is 3.10. The number of nitrogens with two attached hydrogens (primary N) is 1. The van der Waals surface area contributed by atoms with Crippen molar-refractivity contribution in [1.29, 1.82) is 0 Å². The van der Waals surface area contributed by atoms with E-state index in [0.29, 0.717) is 34.1 Å². The van der Waals surface area contributed by atoms with Crippen LogP contribution in [0.3, 0.4) is 0 Å². The molecule has 2 aromatic heterocycles. The van der Waals surface area contributed by atoms with E-state index in [1.807, 2.05) is 13.8 Å². The topological polar surface area (TPSA) is 81.3 Å². The Bertz CT molecular complexity index is 613. The summed E-state index contributed by atoms with van der Waals surface area (Å²) < 4.78 is 5.12. The molecule has 0 aromatic carbocycles. The van der Waals surface area contributed by atoms with Crippen LogP contribution in [0.4, 0.5) is 5.69 Å². The van der Waals surface area contributed by atoms with E-state index in [1.165, 1.54) is 11.3 Å². The highest BCUT2D eigenvalue weighted by Crippen LogP contribution is 2.31. The zero-order chi connectivity index (χ0) is 14.7. The first-order valence-corrected chi connectivity index (χ1v) is 7.20. The second-order valence-electron chi connectivity index (χ2n) is 4.45. The van der Waals surface area contributed by atoms with Crippen molar-refractivity contribution in [1.82, 2.24) is 14.9 Å². The first-order valence-electron chi connectivity index (χ1n) is 6.39. The maximum atomic E-state index is 12.6. The molecule has 0 radical (unpaired) electrons. The predicted molar refractivity (Wildman–Crippen MR) is 79.9 cm³/mol. The number of fused-ring (bicyclic) bond motifs is 1. The summed E-state index contributed by atoms with van der Waals surface area (Å²) in [6.07, 6.45) is 3.17. The normalized spacial score (nSPS) is 12.6. The van der Waals surface area contributed by atoms with Crippen LogP contribution in [0.25, 0.3) is 10.3 Å². The summed E-state index contributed by atoms with van der Waals surface area (Å²) in [7, 11) is 1.62. The fourth-order valence-electron chi connectivity index (χ4n) is 2.12. The average Bonchev–Trinajstić information content (AvgIpc) is 2.78. The molecule has 2 heterocycles. The minimum atomic E-state index is -0.0978. The van der Waals surface area contributed by atoms with Crippen LogP contribution in [-0.4, -0.2) is 47.1 Å². The summed E-state index contributed by atoms with van der Waals surface area (Å²) in [6, 6.07) is -0.0111. The van der Waals surface area contributed by atoms with Gasteiger partial charge in [0.15, 0.2) is 0 Å². The van der Waals surface area contributed by atoms with Crippen LogP contribution < -0.4 is 5.73 Å². The number of aromatic nitrogens is 2. The van der Waals surface area contributed by atoms with Crippen LogP contribution in [0.15, 0.2) is 12.4 Å². The third-order valence-corrected chi connectivity index (χ3v) is 4.19. The molecule has 0 saturated heterocycles. The molecule has 1 atom stereocenters. The number of nitrogens with zero attached hydrogens (tertiary/aromatic N) is 3. The average molecular weight is 294 g/mol. The molecule has 0 aliphatic carbocycles. The number of thiophene rings is 1. The maximum absolute atomic E-state index is 12.6. The van der Waals surface area contributed by atoms with Crippen LogP contribution in [-0.2, 0) is 4.74 Å². The van der Waals surface area contributed by atoms with Gasteiger partial charge >= 0.3 is 0 Å². The third kappa shape index (κ3) is 2.59. The highest BCUT2D eigenvalue weighted by molar-refractivity contribution is 7.21. The van der Waals surface area contributed by atoms with Crippen molar-refractivity contribution >= 4 is 33.3 Å². The molecule has 108 valence electrons. The highest BCUT2D eigenvalue weighted by Gasteiger charge is 2.25. The standard InChI is InChI=1S/C13H18N4O2S/c1-4-17(8(2)7-19-3)13(18)11-9(14)10-12(20-11)16-6-5-15-10/h5-6,8H,4,7,14H2,1-3H3. The van der Waals surface area contributed by atoms with E-state index in [0.717, 1.165) is 0 Å². The molecule has 0 aliphatic heterocycles. The Hall–Kier alpha value is -1.73. The number of hydrogen-bond donors (Lipinski definition) is 1. The van der Waals surface area contributed by atoms with E-state index in [4.69, 9.17) is 10.5 Å². The van der Waals surface area contributed by atoms with E-state index in [1.54, 1.807) is 24.4 Å². The van der Waals surface area contributed by atoms with Gasteiger partial charge < -0.3 is 15.4 Å². The molecule has 0 spiro atoms. The lowest BCUT2D eigenvalue weighted by molar-refractivity contribution is 0.0585. The quantitative estimate of drug-likeness (QED) is 0.909. The van der Waals surface area contributed by atoms with Gasteiger partial charge in [-0.1, -0.05) is 0 Å². The first kappa shape index (κ1) is 14.7. The highest BCUT2D eigenvalue weighted by atomic mass is 32.1. The molecule has 0 fully saturated rings. The number of carbonyl (C=O) groups is 1. The number of likely N-dealkylation sites (N-methyl/N-ethyl adjacent to an activating group) is 1. The van der Waals surface area contributed by atoms with E-state index >= 15 is 0 Å². The molecule has 1 amide bonds. The van der Waals surface area contributed by atoms with E-state index < -0.39 is 0 Å². The lowest BCUT2D eigenvalue weighted by Gasteiger charge is -2.27. The molecule has 20 heavy (non-hydrogen) atoms. The lowest BCUT2D eigenvalue weighted by atomic mass is 10.2. The van der Waals surface area contributed by atoms with E-state index in [2.05, 4.69) is 9.97 Å². The third-order valence-electron chi connectivity index (χ3n) is 3.10. The van der Waals surface area contributed by atoms with Gasteiger partial charge in [0.25, 0.3) is 5.91 Å². The summed E-state index contributed by atoms with van der Waals surface area (Å²) >= 11 is 1.28. The molecule has 1 unspecified atom stereocenters. The van der Waals surface area contributed by atoms with E-state index in [9.17, 15) is 4.79 Å². The molecule has 7 heteroatoms. The Kier molecular flexibility index (Phi) is 4.51. The summed E-state index contributed by atoms with van der Waals surface area (Å²) in [5.41, 5.74) is 7.04. The molecule has 0 aliphatic rings. The largest absolute Gasteiger partial charge is 0.396 e. The zero-order valence-electron chi connectivity index (χ0n) is 11.8. The summed E-state index contributed by atoms with van der Waals surface area (Å²) in [6.45, 7) is 4.97. The molecule has 2 N–H and O–H groups in total. The van der Waals surface area contributed by atoms with Crippen LogP contribution in [0.5, 0.6) is 0 Å². The Labute approximate surface area is 121 Å². The van der Waals surface area contributed by atoms with Gasteiger partial charge in [-0.3, -0.25) is 4.79 Å². The number of methoxy groups -OCH3 is 1. The minimum Gasteiger partial charge on any atom is -0.396 e. The Morgan fingerprint density at radius 3 is 2.80 bits per heavy atom. The number of amides is 1. The van der Waals surface area contributed by atoms with Gasteiger partial charge in [-0.05, 0) is 13.8 Å². The molecule has 6 nitrogen and oxygen atoms in total. The SMILES string of the molecule is CCN(C(=O)c1sc2nccnc2c1N)C(C)COC. The monoisotopic (exact) mass is 294 g/mol. The Morgan fingerprint density at radius 2 is 2.20 bits per heavy atom. The molecule has 0 bridgehead atoms. The smallest absolute Gasteiger partial charge is 0.266 e. The van der Waals surface area contributed by atoms with Gasteiger partial charge in [0, 0.05) is 26.0 Å². The van der Waals surface area contributed by atoms with Crippen LogP contribution in [0.1, 0.15) is 23.5 Å². The Morgan fingerprint density at radius 1 is 1.50 bits per heavy atom. The maximum Gasteiger partial charge on any atom is 0.266 e. The number of nitrogen functional groups attached to an aromatic ring is 1. The first-order chi connectivity index (χ1) is 9.60. The number of rotatable bonds is 5. The van der Waals surface area contributed by atoms with Crippen molar-refractivity contribution in [3.05, 3.63) is 17.3 Å². The van der Waals surface area contributed by atoms with Crippen LogP contribution >= 0.6 is 11.3 Å².